The summed E-state index contributed by atoms with van der Waals surface area (Å²) in [6, 6.07) is 7.67. The predicted molar refractivity (Wildman–Crippen MR) is 101 cm³/mol. The number of aromatic nitrogens is 1. The summed E-state index contributed by atoms with van der Waals surface area (Å²) in [5, 5.41) is 8.09. The summed E-state index contributed by atoms with van der Waals surface area (Å²) >= 11 is 1.53. The molecule has 1 aromatic carbocycles. The summed E-state index contributed by atoms with van der Waals surface area (Å²) in [6.07, 6.45) is 4.45. The van der Waals surface area contributed by atoms with E-state index in [1.165, 1.54) is 34.7 Å². The SMILES string of the molecule is Br.Br.Cc1ccc(C(=O)Cn2c3c(sc2=N)CCCC3)cc1. The van der Waals surface area contributed by atoms with Crippen molar-refractivity contribution in [3.63, 3.8) is 0 Å². The minimum absolute atomic E-state index is 0. The number of halogens is 2. The topological polar surface area (TPSA) is 45.9 Å². The normalized spacial score (nSPS) is 12.8. The molecule has 3 nitrogen and oxygen atoms in total. The van der Waals surface area contributed by atoms with E-state index in [9.17, 15) is 4.79 Å². The van der Waals surface area contributed by atoms with Crippen molar-refractivity contribution in [2.45, 2.75) is 39.2 Å². The van der Waals surface area contributed by atoms with Crippen molar-refractivity contribution in [3.8, 4) is 0 Å². The molecule has 0 aliphatic heterocycles. The Morgan fingerprint density at radius 3 is 2.50 bits per heavy atom. The third-order valence-corrected chi connectivity index (χ3v) is 4.96. The Labute approximate surface area is 155 Å². The molecular formula is C16H20Br2N2OS. The molecule has 1 aliphatic carbocycles. The molecule has 1 heterocycles. The molecule has 0 saturated heterocycles. The van der Waals surface area contributed by atoms with Gasteiger partial charge in [-0.3, -0.25) is 10.2 Å². The number of fused-ring (bicyclic) bond motifs is 1. The van der Waals surface area contributed by atoms with E-state index in [0.717, 1.165) is 24.0 Å². The number of nitrogens with zero attached hydrogens (tertiary/aromatic N) is 1. The van der Waals surface area contributed by atoms with Gasteiger partial charge in [-0.1, -0.05) is 29.8 Å². The van der Waals surface area contributed by atoms with Crippen LogP contribution < -0.4 is 4.80 Å². The fourth-order valence-electron chi connectivity index (χ4n) is 2.69. The number of ketones is 1. The monoisotopic (exact) mass is 446 g/mol. The van der Waals surface area contributed by atoms with E-state index >= 15 is 0 Å². The second-order valence-electron chi connectivity index (χ2n) is 5.36. The van der Waals surface area contributed by atoms with Crippen molar-refractivity contribution in [3.05, 3.63) is 50.8 Å². The van der Waals surface area contributed by atoms with Crippen molar-refractivity contribution in [2.75, 3.05) is 0 Å². The number of carbonyl (C=O) groups is 1. The Morgan fingerprint density at radius 2 is 1.82 bits per heavy atom. The van der Waals surface area contributed by atoms with Crippen molar-refractivity contribution < 1.29 is 4.79 Å². The molecular weight excluding hydrogens is 428 g/mol. The molecule has 1 aromatic heterocycles. The number of benzene rings is 1. The van der Waals surface area contributed by atoms with Gasteiger partial charge in [-0.25, -0.2) is 0 Å². The summed E-state index contributed by atoms with van der Waals surface area (Å²) in [4.78, 5) is 14.2. The fraction of sp³-hybridized carbons (Fsp3) is 0.375. The van der Waals surface area contributed by atoms with E-state index in [1.807, 2.05) is 35.8 Å². The zero-order valence-corrected chi connectivity index (χ0v) is 16.7. The lowest BCUT2D eigenvalue weighted by Gasteiger charge is -2.14. The molecule has 0 atom stereocenters. The summed E-state index contributed by atoms with van der Waals surface area (Å²) in [7, 11) is 0. The number of nitrogens with one attached hydrogen (secondary N) is 1. The van der Waals surface area contributed by atoms with E-state index in [-0.39, 0.29) is 39.7 Å². The largest absolute Gasteiger partial charge is 0.313 e. The van der Waals surface area contributed by atoms with Crippen molar-refractivity contribution >= 4 is 51.1 Å². The maximum Gasteiger partial charge on any atom is 0.182 e. The predicted octanol–water partition coefficient (Wildman–Crippen LogP) is 4.25. The molecule has 1 aliphatic rings. The van der Waals surface area contributed by atoms with Crippen LogP contribution in [-0.2, 0) is 19.4 Å². The molecule has 1 N–H and O–H groups in total. The molecule has 120 valence electrons. The van der Waals surface area contributed by atoms with Gasteiger partial charge >= 0.3 is 0 Å². The zero-order chi connectivity index (χ0) is 14.1. The van der Waals surface area contributed by atoms with E-state index in [4.69, 9.17) is 5.41 Å². The average Bonchev–Trinajstić information content (AvgIpc) is 2.76. The van der Waals surface area contributed by atoms with Gasteiger partial charge in [-0.15, -0.1) is 45.3 Å². The van der Waals surface area contributed by atoms with Gasteiger partial charge in [0.2, 0.25) is 0 Å². The summed E-state index contributed by atoms with van der Waals surface area (Å²) in [6.45, 7) is 2.31. The quantitative estimate of drug-likeness (QED) is 0.702. The van der Waals surface area contributed by atoms with Gasteiger partial charge in [0.05, 0.1) is 6.54 Å². The van der Waals surface area contributed by atoms with Crippen molar-refractivity contribution in [1.29, 1.82) is 5.41 Å². The Balaban J connectivity index is 0.00000121. The molecule has 0 fully saturated rings. The van der Waals surface area contributed by atoms with Crippen LogP contribution in [0.25, 0.3) is 0 Å². The Kier molecular flexibility index (Phi) is 7.22. The van der Waals surface area contributed by atoms with E-state index in [2.05, 4.69) is 0 Å². The molecule has 22 heavy (non-hydrogen) atoms. The lowest BCUT2D eigenvalue weighted by atomic mass is 10.0. The Bertz CT molecular complexity index is 704. The summed E-state index contributed by atoms with van der Waals surface area (Å²) in [5.74, 6) is 0.0923. The molecule has 0 unspecified atom stereocenters. The highest BCUT2D eigenvalue weighted by atomic mass is 79.9. The second kappa shape index (κ2) is 8.22. The standard InChI is InChI=1S/C16H18N2OS.2BrH/c1-11-6-8-12(9-7-11)14(19)10-18-13-4-2-3-5-15(13)20-16(18)17;;/h6-9,17H,2-5,10H2,1H3;2*1H. The van der Waals surface area contributed by atoms with Crippen LogP contribution in [0.2, 0.25) is 0 Å². The molecule has 0 saturated carbocycles. The van der Waals surface area contributed by atoms with Crippen LogP contribution in [0.3, 0.4) is 0 Å². The number of hydrogen-bond donors (Lipinski definition) is 1. The van der Waals surface area contributed by atoms with Crippen LogP contribution in [0.5, 0.6) is 0 Å². The maximum atomic E-state index is 12.4. The highest BCUT2D eigenvalue weighted by Gasteiger charge is 2.18. The third-order valence-electron chi connectivity index (χ3n) is 3.86. The smallest absolute Gasteiger partial charge is 0.182 e. The number of thiazole rings is 1. The fourth-order valence-corrected chi connectivity index (χ4v) is 3.79. The molecule has 3 rings (SSSR count). The van der Waals surface area contributed by atoms with Crippen LogP contribution >= 0.6 is 45.3 Å². The number of hydrogen-bond acceptors (Lipinski definition) is 3. The first-order valence-electron chi connectivity index (χ1n) is 7.01. The lowest BCUT2D eigenvalue weighted by Crippen LogP contribution is -2.22. The summed E-state index contributed by atoms with van der Waals surface area (Å²) < 4.78 is 1.90. The summed E-state index contributed by atoms with van der Waals surface area (Å²) in [5.41, 5.74) is 3.10. The molecule has 2 aromatic rings. The van der Waals surface area contributed by atoms with Crippen molar-refractivity contribution in [1.82, 2.24) is 4.57 Å². The maximum absolute atomic E-state index is 12.4. The van der Waals surface area contributed by atoms with Crippen LogP contribution in [0.15, 0.2) is 24.3 Å². The van der Waals surface area contributed by atoms with Gasteiger partial charge in [-0.05, 0) is 32.6 Å². The average molecular weight is 448 g/mol. The lowest BCUT2D eigenvalue weighted by molar-refractivity contribution is 0.0969. The van der Waals surface area contributed by atoms with Crippen LogP contribution in [0.4, 0.5) is 0 Å². The van der Waals surface area contributed by atoms with Gasteiger partial charge < -0.3 is 4.57 Å². The molecule has 6 heteroatoms. The van der Waals surface area contributed by atoms with Gasteiger partial charge in [0.25, 0.3) is 0 Å². The van der Waals surface area contributed by atoms with Gasteiger partial charge in [0, 0.05) is 16.1 Å². The van der Waals surface area contributed by atoms with Gasteiger partial charge in [0.1, 0.15) is 0 Å². The third kappa shape index (κ3) is 3.97. The first-order valence-corrected chi connectivity index (χ1v) is 7.82. The molecule has 0 amide bonds. The highest BCUT2D eigenvalue weighted by Crippen LogP contribution is 2.23. The van der Waals surface area contributed by atoms with E-state index in [1.54, 1.807) is 0 Å². The Morgan fingerprint density at radius 1 is 1.18 bits per heavy atom. The number of aryl methyl sites for hydroxylation is 2. The van der Waals surface area contributed by atoms with Gasteiger partial charge in [-0.2, -0.15) is 0 Å². The minimum atomic E-state index is 0. The van der Waals surface area contributed by atoms with Crippen LogP contribution in [0, 0.1) is 12.3 Å². The molecule has 0 radical (unpaired) electrons. The second-order valence-corrected chi connectivity index (χ2v) is 6.44. The van der Waals surface area contributed by atoms with Crippen molar-refractivity contribution in [2.24, 2.45) is 0 Å². The first-order chi connectivity index (χ1) is 9.65. The number of carbonyl (C=O) groups excluding carboxylic acids is 1. The minimum Gasteiger partial charge on any atom is -0.313 e. The van der Waals surface area contributed by atoms with E-state index < -0.39 is 0 Å². The number of Topliss-reactive ketones (excluding diaryl/α,β-unsaturated/α-hetero) is 1. The zero-order valence-electron chi connectivity index (χ0n) is 12.4. The van der Waals surface area contributed by atoms with Crippen LogP contribution in [-0.4, -0.2) is 10.4 Å². The Hall–Kier alpha value is -0.720. The first kappa shape index (κ1) is 19.3. The van der Waals surface area contributed by atoms with Crippen LogP contribution in [0.1, 0.15) is 39.3 Å². The highest BCUT2D eigenvalue weighted by molar-refractivity contribution is 8.93. The molecule has 0 bridgehead atoms. The van der Waals surface area contributed by atoms with E-state index in [0.29, 0.717) is 11.3 Å². The van der Waals surface area contributed by atoms with Gasteiger partial charge in [0.15, 0.2) is 10.6 Å². The molecule has 0 spiro atoms. The number of rotatable bonds is 3.